The Hall–Kier alpha value is -1.95. The number of hydrogen-bond acceptors (Lipinski definition) is 4. The summed E-state index contributed by atoms with van der Waals surface area (Å²) >= 11 is 3.32. The predicted octanol–water partition coefficient (Wildman–Crippen LogP) is 3.77. The summed E-state index contributed by atoms with van der Waals surface area (Å²) in [5, 5.41) is 11.6. The highest BCUT2D eigenvalue weighted by atomic mass is 79.9. The molecule has 0 saturated heterocycles. The van der Waals surface area contributed by atoms with E-state index in [1.54, 1.807) is 18.3 Å². The van der Waals surface area contributed by atoms with Crippen LogP contribution in [-0.4, -0.2) is 9.91 Å². The molecular formula is C14H13BrN2O3. The van der Waals surface area contributed by atoms with Crippen molar-refractivity contribution in [2.24, 2.45) is 0 Å². The van der Waals surface area contributed by atoms with Crippen molar-refractivity contribution < 1.29 is 9.66 Å². The van der Waals surface area contributed by atoms with Gasteiger partial charge in [0.1, 0.15) is 6.61 Å². The number of halogens is 1. The Morgan fingerprint density at radius 1 is 1.40 bits per heavy atom. The monoisotopic (exact) mass is 336 g/mol. The molecule has 2 aromatic rings. The second-order valence-corrected chi connectivity index (χ2v) is 4.81. The van der Waals surface area contributed by atoms with Crippen molar-refractivity contribution in [3.05, 3.63) is 63.5 Å². The lowest BCUT2D eigenvalue weighted by Gasteiger charge is -2.09. The molecule has 104 valence electrons. The van der Waals surface area contributed by atoms with Gasteiger partial charge in [-0.15, -0.1) is 0 Å². The number of nitrogens with zero attached hydrogens (tertiary/aromatic N) is 2. The number of hydrogen-bond donors (Lipinski definition) is 0. The number of aryl methyl sites for hydroxylation is 1. The summed E-state index contributed by atoms with van der Waals surface area (Å²) in [5.41, 5.74) is 2.64. The Morgan fingerprint density at radius 3 is 2.85 bits per heavy atom. The molecule has 5 nitrogen and oxygen atoms in total. The van der Waals surface area contributed by atoms with Gasteiger partial charge in [0, 0.05) is 17.6 Å². The van der Waals surface area contributed by atoms with E-state index >= 15 is 0 Å². The highest BCUT2D eigenvalue weighted by Crippen LogP contribution is 2.29. The Kier molecular flexibility index (Phi) is 4.68. The van der Waals surface area contributed by atoms with Gasteiger partial charge in [-0.2, -0.15) is 0 Å². The first-order chi connectivity index (χ1) is 9.61. The van der Waals surface area contributed by atoms with E-state index < -0.39 is 4.92 Å². The van der Waals surface area contributed by atoms with Crippen LogP contribution in [0, 0.1) is 17.0 Å². The third kappa shape index (κ3) is 3.33. The molecule has 0 aliphatic rings. The van der Waals surface area contributed by atoms with Crippen LogP contribution in [0.15, 0.2) is 36.5 Å². The third-order valence-electron chi connectivity index (χ3n) is 2.86. The Balaban J connectivity index is 2.24. The van der Waals surface area contributed by atoms with Gasteiger partial charge in [0.2, 0.25) is 0 Å². The van der Waals surface area contributed by atoms with E-state index in [9.17, 15) is 10.1 Å². The molecule has 1 aromatic heterocycles. The Labute approximate surface area is 124 Å². The van der Waals surface area contributed by atoms with Gasteiger partial charge in [0.25, 0.3) is 0 Å². The fraction of sp³-hybridized carbons (Fsp3) is 0.214. The minimum absolute atomic E-state index is 0.0386. The first-order valence-electron chi connectivity index (χ1n) is 5.98. The first kappa shape index (κ1) is 14.5. The van der Waals surface area contributed by atoms with Crippen LogP contribution in [0.3, 0.4) is 0 Å². The van der Waals surface area contributed by atoms with Gasteiger partial charge in [-0.1, -0.05) is 28.1 Å². The van der Waals surface area contributed by atoms with Crippen LogP contribution < -0.4 is 4.74 Å². The maximum Gasteiger partial charge on any atom is 0.310 e. The summed E-state index contributed by atoms with van der Waals surface area (Å²) in [7, 11) is 0. The molecule has 0 radical (unpaired) electrons. The zero-order valence-electron chi connectivity index (χ0n) is 10.9. The number of benzene rings is 1. The predicted molar refractivity (Wildman–Crippen MR) is 79.0 cm³/mol. The molecular weight excluding hydrogens is 324 g/mol. The van der Waals surface area contributed by atoms with Crippen LogP contribution in [0.25, 0.3) is 0 Å². The van der Waals surface area contributed by atoms with E-state index in [0.29, 0.717) is 5.33 Å². The van der Waals surface area contributed by atoms with Crippen LogP contribution in [0.1, 0.15) is 16.8 Å². The molecule has 1 aromatic carbocycles. The molecule has 0 aliphatic heterocycles. The summed E-state index contributed by atoms with van der Waals surface area (Å²) in [4.78, 5) is 14.8. The summed E-state index contributed by atoms with van der Waals surface area (Å²) in [6, 6.07) is 8.59. The van der Waals surface area contributed by atoms with E-state index in [1.807, 2.05) is 19.1 Å². The molecule has 1 heterocycles. The van der Waals surface area contributed by atoms with Crippen LogP contribution in [0.2, 0.25) is 0 Å². The molecule has 0 fully saturated rings. The van der Waals surface area contributed by atoms with Crippen molar-refractivity contribution in [3.8, 4) is 5.75 Å². The quantitative estimate of drug-likeness (QED) is 0.473. The number of nitro benzene ring substituents is 1. The molecule has 0 unspecified atom stereocenters. The highest BCUT2D eigenvalue weighted by molar-refractivity contribution is 9.08. The molecule has 0 saturated carbocycles. The van der Waals surface area contributed by atoms with Crippen molar-refractivity contribution >= 4 is 21.6 Å². The fourth-order valence-electron chi connectivity index (χ4n) is 1.72. The molecule has 20 heavy (non-hydrogen) atoms. The van der Waals surface area contributed by atoms with Gasteiger partial charge in [-0.05, 0) is 30.2 Å². The molecule has 0 amide bonds. The van der Waals surface area contributed by atoms with Gasteiger partial charge in [-0.3, -0.25) is 15.1 Å². The van der Waals surface area contributed by atoms with Crippen molar-refractivity contribution in [3.63, 3.8) is 0 Å². The maximum atomic E-state index is 11.0. The zero-order valence-corrected chi connectivity index (χ0v) is 12.5. The Morgan fingerprint density at radius 2 is 2.20 bits per heavy atom. The lowest BCUT2D eigenvalue weighted by molar-refractivity contribution is -0.386. The van der Waals surface area contributed by atoms with Crippen molar-refractivity contribution in [1.82, 2.24) is 4.98 Å². The fourth-order valence-corrected chi connectivity index (χ4v) is 2.07. The number of nitro groups is 1. The Bertz CT molecular complexity index is 632. The maximum absolute atomic E-state index is 11.0. The van der Waals surface area contributed by atoms with Crippen LogP contribution >= 0.6 is 15.9 Å². The van der Waals surface area contributed by atoms with Gasteiger partial charge in [0.05, 0.1) is 10.6 Å². The lowest BCUT2D eigenvalue weighted by Crippen LogP contribution is -2.03. The van der Waals surface area contributed by atoms with E-state index in [-0.39, 0.29) is 18.0 Å². The van der Waals surface area contributed by atoms with E-state index in [4.69, 9.17) is 4.74 Å². The molecule has 2 rings (SSSR count). The second-order valence-electron chi connectivity index (χ2n) is 4.25. The van der Waals surface area contributed by atoms with E-state index in [0.717, 1.165) is 16.8 Å². The number of pyridine rings is 1. The number of rotatable bonds is 5. The van der Waals surface area contributed by atoms with E-state index in [1.165, 1.54) is 6.07 Å². The summed E-state index contributed by atoms with van der Waals surface area (Å²) in [6.07, 6.45) is 1.68. The number of aromatic nitrogens is 1. The number of alkyl halides is 1. The minimum atomic E-state index is -0.446. The largest absolute Gasteiger partial charge is 0.480 e. The first-order valence-corrected chi connectivity index (χ1v) is 7.10. The summed E-state index contributed by atoms with van der Waals surface area (Å²) < 4.78 is 5.58. The molecule has 0 atom stereocenters. The smallest absolute Gasteiger partial charge is 0.310 e. The van der Waals surface area contributed by atoms with Crippen LogP contribution in [-0.2, 0) is 11.9 Å². The number of ether oxygens (including phenoxy) is 1. The van der Waals surface area contributed by atoms with Crippen molar-refractivity contribution in [1.29, 1.82) is 0 Å². The average Bonchev–Trinajstić information content (AvgIpc) is 2.46. The normalized spacial score (nSPS) is 10.3. The molecule has 0 spiro atoms. The third-order valence-corrected chi connectivity index (χ3v) is 3.50. The topological polar surface area (TPSA) is 65.3 Å². The second kappa shape index (κ2) is 6.47. The molecule has 0 N–H and O–H groups in total. The average molecular weight is 337 g/mol. The summed E-state index contributed by atoms with van der Waals surface area (Å²) in [5.74, 6) is 0.261. The summed E-state index contributed by atoms with van der Waals surface area (Å²) in [6.45, 7) is 2.13. The van der Waals surface area contributed by atoms with Crippen molar-refractivity contribution in [2.45, 2.75) is 18.9 Å². The minimum Gasteiger partial charge on any atom is -0.480 e. The van der Waals surface area contributed by atoms with Crippen molar-refractivity contribution in [2.75, 3.05) is 0 Å². The molecule has 6 heteroatoms. The van der Waals surface area contributed by atoms with Crippen LogP contribution in [0.5, 0.6) is 5.75 Å². The lowest BCUT2D eigenvalue weighted by atomic mass is 10.2. The molecule has 0 aliphatic carbocycles. The van der Waals surface area contributed by atoms with Gasteiger partial charge in [0.15, 0.2) is 5.75 Å². The SMILES string of the molecule is Cc1cccnc1COc1cc(CBr)ccc1[N+](=O)[O-]. The highest BCUT2D eigenvalue weighted by Gasteiger charge is 2.16. The van der Waals surface area contributed by atoms with Gasteiger partial charge < -0.3 is 4.74 Å². The van der Waals surface area contributed by atoms with Crippen LogP contribution in [0.4, 0.5) is 5.69 Å². The van der Waals surface area contributed by atoms with Gasteiger partial charge in [-0.25, -0.2) is 0 Å². The standard InChI is InChI=1S/C14H13BrN2O3/c1-10-3-2-6-16-12(10)9-20-14-7-11(8-15)4-5-13(14)17(18)19/h2-7H,8-9H2,1H3. The van der Waals surface area contributed by atoms with Gasteiger partial charge >= 0.3 is 5.69 Å². The van der Waals surface area contributed by atoms with E-state index in [2.05, 4.69) is 20.9 Å². The molecule has 0 bridgehead atoms. The zero-order chi connectivity index (χ0) is 14.5.